The Kier molecular flexibility index (Phi) is 6.17. The van der Waals surface area contributed by atoms with Crippen LogP contribution in [0.5, 0.6) is 0 Å². The number of benzene rings is 2. The highest BCUT2D eigenvalue weighted by Crippen LogP contribution is 2.19. The molecule has 0 aliphatic heterocycles. The van der Waals surface area contributed by atoms with E-state index in [0.29, 0.717) is 17.8 Å². The number of rotatable bonds is 7. The lowest BCUT2D eigenvalue weighted by Crippen LogP contribution is -2.37. The summed E-state index contributed by atoms with van der Waals surface area (Å²) in [5.41, 5.74) is 1.78. The van der Waals surface area contributed by atoms with Crippen molar-refractivity contribution in [3.8, 4) is 0 Å². The predicted molar refractivity (Wildman–Crippen MR) is 99.3 cm³/mol. The van der Waals surface area contributed by atoms with Gasteiger partial charge in [-0.15, -0.1) is 0 Å². The number of hydrogen-bond donors (Lipinski definition) is 3. The summed E-state index contributed by atoms with van der Waals surface area (Å²) in [6.45, 7) is 4.27. The van der Waals surface area contributed by atoms with E-state index in [1.54, 1.807) is 12.1 Å². The van der Waals surface area contributed by atoms with Gasteiger partial charge in [-0.2, -0.15) is 0 Å². The molecule has 0 aliphatic rings. The molecule has 0 aliphatic carbocycles. The third-order valence-electron chi connectivity index (χ3n) is 3.88. The number of carbonyl (C=O) groups is 1. The Balaban J connectivity index is 2.10. The molecule has 3 N–H and O–H groups in total. The second-order valence-corrected chi connectivity index (χ2v) is 7.53. The van der Waals surface area contributed by atoms with Crippen molar-refractivity contribution in [2.75, 3.05) is 18.3 Å². The van der Waals surface area contributed by atoms with Crippen LogP contribution in [0.2, 0.25) is 0 Å². The third kappa shape index (κ3) is 5.04. The summed E-state index contributed by atoms with van der Waals surface area (Å²) in [6, 6.07) is 13.2. The minimum atomic E-state index is -3.70. The normalized spacial score (nSPS) is 12.4. The van der Waals surface area contributed by atoms with E-state index in [4.69, 9.17) is 0 Å². The number of hydrogen-bond acceptors (Lipinski definition) is 4. The maximum Gasteiger partial charge on any atom is 0.261 e. The summed E-state index contributed by atoms with van der Waals surface area (Å²) in [7, 11) is -1.88. The van der Waals surface area contributed by atoms with Crippen molar-refractivity contribution in [3.63, 3.8) is 0 Å². The molecule has 134 valence electrons. The van der Waals surface area contributed by atoms with E-state index >= 15 is 0 Å². The maximum atomic E-state index is 12.5. The fourth-order valence-corrected chi connectivity index (χ4v) is 3.26. The number of para-hydroxylation sites is 1. The van der Waals surface area contributed by atoms with Gasteiger partial charge in [-0.3, -0.25) is 9.52 Å². The molecule has 0 bridgehead atoms. The smallest absolute Gasteiger partial charge is 0.261 e. The quantitative estimate of drug-likeness (QED) is 0.705. The first kappa shape index (κ1) is 19.0. The average Bonchev–Trinajstić information content (AvgIpc) is 2.61. The second kappa shape index (κ2) is 8.13. The molecular formula is C18H23N3O3S. The van der Waals surface area contributed by atoms with Crippen molar-refractivity contribution >= 4 is 21.6 Å². The molecule has 2 aromatic carbocycles. The van der Waals surface area contributed by atoms with Crippen molar-refractivity contribution in [1.82, 2.24) is 10.6 Å². The topological polar surface area (TPSA) is 87.3 Å². The molecule has 25 heavy (non-hydrogen) atoms. The van der Waals surface area contributed by atoms with Gasteiger partial charge in [0.05, 0.1) is 10.6 Å². The van der Waals surface area contributed by atoms with E-state index in [2.05, 4.69) is 15.4 Å². The van der Waals surface area contributed by atoms with Crippen LogP contribution in [0.4, 0.5) is 5.69 Å². The lowest BCUT2D eigenvalue weighted by atomic mass is 10.2. The van der Waals surface area contributed by atoms with E-state index in [1.165, 1.54) is 24.3 Å². The summed E-state index contributed by atoms with van der Waals surface area (Å²) in [6.07, 6.45) is 0. The molecule has 7 heteroatoms. The minimum absolute atomic E-state index is 0.107. The van der Waals surface area contributed by atoms with E-state index in [9.17, 15) is 13.2 Å². The Morgan fingerprint density at radius 3 is 2.32 bits per heavy atom. The van der Waals surface area contributed by atoms with Gasteiger partial charge in [0.2, 0.25) is 0 Å². The minimum Gasteiger partial charge on any atom is -0.350 e. The van der Waals surface area contributed by atoms with Crippen LogP contribution in [0.1, 0.15) is 22.8 Å². The van der Waals surface area contributed by atoms with Crippen molar-refractivity contribution in [2.24, 2.45) is 0 Å². The number of amides is 1. The standard InChI is InChI=1S/C18H23N3O3S/c1-13-6-4-5-7-17(13)21-25(23,24)16-10-8-15(9-11-16)18(22)20-12-14(2)19-3/h4-11,14,19,21H,12H2,1-3H3,(H,20,22). The number of anilines is 1. The van der Waals surface area contributed by atoms with Gasteiger partial charge in [0.15, 0.2) is 0 Å². The first-order valence-electron chi connectivity index (χ1n) is 7.97. The van der Waals surface area contributed by atoms with Crippen molar-refractivity contribution in [1.29, 1.82) is 0 Å². The zero-order valence-corrected chi connectivity index (χ0v) is 15.4. The van der Waals surface area contributed by atoms with Crippen LogP contribution in [0, 0.1) is 6.92 Å². The van der Waals surface area contributed by atoms with E-state index in [1.807, 2.05) is 33.0 Å². The van der Waals surface area contributed by atoms with Gasteiger partial charge in [-0.1, -0.05) is 18.2 Å². The van der Waals surface area contributed by atoms with Crippen LogP contribution in [0.25, 0.3) is 0 Å². The summed E-state index contributed by atoms with van der Waals surface area (Å²) in [4.78, 5) is 12.2. The molecule has 1 unspecified atom stereocenters. The summed E-state index contributed by atoms with van der Waals surface area (Å²) in [5.74, 6) is -0.238. The van der Waals surface area contributed by atoms with Crippen molar-refractivity contribution in [3.05, 3.63) is 59.7 Å². The monoisotopic (exact) mass is 361 g/mol. The Morgan fingerprint density at radius 2 is 1.72 bits per heavy atom. The summed E-state index contributed by atoms with van der Waals surface area (Å²) >= 11 is 0. The Hall–Kier alpha value is -2.38. The molecule has 0 fully saturated rings. The number of nitrogens with one attached hydrogen (secondary N) is 3. The number of aryl methyl sites for hydroxylation is 1. The second-order valence-electron chi connectivity index (χ2n) is 5.84. The fraction of sp³-hybridized carbons (Fsp3) is 0.278. The summed E-state index contributed by atoms with van der Waals surface area (Å²) < 4.78 is 27.5. The number of carbonyl (C=O) groups excluding carboxylic acids is 1. The molecule has 0 heterocycles. The molecule has 0 radical (unpaired) electrons. The molecule has 1 amide bonds. The third-order valence-corrected chi connectivity index (χ3v) is 5.26. The van der Waals surface area contributed by atoms with Crippen LogP contribution in [0.3, 0.4) is 0 Å². The first-order valence-corrected chi connectivity index (χ1v) is 9.46. The molecule has 0 spiro atoms. The Bertz CT molecular complexity index is 833. The Morgan fingerprint density at radius 1 is 1.08 bits per heavy atom. The Labute approximate surface area is 148 Å². The highest BCUT2D eigenvalue weighted by atomic mass is 32.2. The lowest BCUT2D eigenvalue weighted by Gasteiger charge is -2.12. The van der Waals surface area contributed by atoms with Gasteiger partial charge in [-0.25, -0.2) is 8.42 Å². The van der Waals surface area contributed by atoms with E-state index in [0.717, 1.165) is 5.56 Å². The van der Waals surface area contributed by atoms with Gasteiger partial charge in [0.1, 0.15) is 0 Å². The van der Waals surface area contributed by atoms with Gasteiger partial charge in [0.25, 0.3) is 15.9 Å². The zero-order chi connectivity index (χ0) is 18.4. The van der Waals surface area contributed by atoms with Crippen LogP contribution in [0.15, 0.2) is 53.4 Å². The molecule has 0 saturated carbocycles. The van der Waals surface area contributed by atoms with Gasteiger partial charge < -0.3 is 10.6 Å². The van der Waals surface area contributed by atoms with Gasteiger partial charge in [-0.05, 0) is 56.8 Å². The number of sulfonamides is 1. The zero-order valence-electron chi connectivity index (χ0n) is 14.5. The molecule has 2 aromatic rings. The predicted octanol–water partition coefficient (Wildman–Crippen LogP) is 2.13. The highest BCUT2D eigenvalue weighted by Gasteiger charge is 2.16. The molecule has 1 atom stereocenters. The number of likely N-dealkylation sites (N-methyl/N-ethyl adjacent to an activating group) is 1. The maximum absolute atomic E-state index is 12.5. The van der Waals surface area contributed by atoms with Crippen molar-refractivity contribution in [2.45, 2.75) is 24.8 Å². The average molecular weight is 361 g/mol. The van der Waals surface area contributed by atoms with Crippen LogP contribution < -0.4 is 15.4 Å². The van der Waals surface area contributed by atoms with E-state index in [-0.39, 0.29) is 16.8 Å². The first-order chi connectivity index (χ1) is 11.8. The molecular weight excluding hydrogens is 338 g/mol. The van der Waals surface area contributed by atoms with Crippen molar-refractivity contribution < 1.29 is 13.2 Å². The SMILES string of the molecule is CNC(C)CNC(=O)c1ccc(S(=O)(=O)Nc2ccccc2C)cc1. The van der Waals surface area contributed by atoms with Gasteiger partial charge in [0, 0.05) is 18.2 Å². The van der Waals surface area contributed by atoms with E-state index < -0.39 is 10.0 Å². The van der Waals surface area contributed by atoms with Crippen LogP contribution in [-0.4, -0.2) is 34.0 Å². The fourth-order valence-electron chi connectivity index (χ4n) is 2.13. The highest BCUT2D eigenvalue weighted by molar-refractivity contribution is 7.92. The lowest BCUT2D eigenvalue weighted by molar-refractivity contribution is 0.0950. The largest absolute Gasteiger partial charge is 0.350 e. The molecule has 2 rings (SSSR count). The van der Waals surface area contributed by atoms with Gasteiger partial charge >= 0.3 is 0 Å². The van der Waals surface area contributed by atoms with Crippen LogP contribution >= 0.6 is 0 Å². The summed E-state index contributed by atoms with van der Waals surface area (Å²) in [5, 5.41) is 5.81. The van der Waals surface area contributed by atoms with Crippen LogP contribution in [-0.2, 0) is 10.0 Å². The molecule has 6 nitrogen and oxygen atoms in total. The molecule has 0 saturated heterocycles. The molecule has 0 aromatic heterocycles.